The van der Waals surface area contributed by atoms with Gasteiger partial charge in [0.05, 0.1) is 31.0 Å². The summed E-state index contributed by atoms with van der Waals surface area (Å²) in [6.45, 7) is 0.854. The van der Waals surface area contributed by atoms with Crippen LogP contribution in [0.25, 0.3) is 22.4 Å². The molecule has 36 heavy (non-hydrogen) atoms. The highest BCUT2D eigenvalue weighted by Crippen LogP contribution is 2.29. The van der Waals surface area contributed by atoms with Gasteiger partial charge in [-0.05, 0) is 29.3 Å². The molecule has 180 valence electrons. The van der Waals surface area contributed by atoms with Gasteiger partial charge in [-0.3, -0.25) is 4.79 Å². The molecule has 3 aromatic carbocycles. The minimum Gasteiger partial charge on any atom is -0.371 e. The van der Waals surface area contributed by atoms with Crippen molar-refractivity contribution in [3.63, 3.8) is 0 Å². The number of nitrogens with zero attached hydrogens (tertiary/aromatic N) is 2. The third-order valence-corrected chi connectivity index (χ3v) is 6.66. The molecule has 0 saturated carbocycles. The summed E-state index contributed by atoms with van der Waals surface area (Å²) < 4.78 is 12.0. The van der Waals surface area contributed by atoms with E-state index in [1.807, 2.05) is 42.5 Å². The highest BCUT2D eigenvalue weighted by atomic mass is 16.6. The molecule has 2 aliphatic rings. The first kappa shape index (κ1) is 22.4. The summed E-state index contributed by atoms with van der Waals surface area (Å²) in [6.07, 6.45) is 1.34. The zero-order chi connectivity index (χ0) is 24.3. The zero-order valence-corrected chi connectivity index (χ0v) is 19.6. The lowest BCUT2D eigenvalue weighted by Crippen LogP contribution is -2.44. The predicted octanol–water partition coefficient (Wildman–Crippen LogP) is 4.19. The molecule has 1 aromatic heterocycles. The molecule has 2 saturated heterocycles. The standard InChI is InChI=1S/C29H26N4O3/c34-28(22-9-5-2-6-10-22)31-24-17-35-27-25(18-36-26(24)27)33-29-30-16-15-23(32-29)21-13-11-20(12-14-21)19-7-3-1-4-8-19/h1-16,24-27H,17-18H2,(H,31,34)(H,30,32,33)/t24-,25-,26+,27+/m0/s1. The largest absolute Gasteiger partial charge is 0.371 e. The first-order valence-electron chi connectivity index (χ1n) is 12.1. The molecular formula is C29H26N4O3. The van der Waals surface area contributed by atoms with Gasteiger partial charge in [0.1, 0.15) is 12.2 Å². The van der Waals surface area contributed by atoms with Gasteiger partial charge in [0, 0.05) is 17.3 Å². The Morgan fingerprint density at radius 2 is 1.33 bits per heavy atom. The number of amides is 1. The topological polar surface area (TPSA) is 85.4 Å². The van der Waals surface area contributed by atoms with E-state index in [2.05, 4.69) is 52.0 Å². The van der Waals surface area contributed by atoms with E-state index in [1.54, 1.807) is 18.3 Å². The molecule has 0 spiro atoms. The van der Waals surface area contributed by atoms with Crippen LogP contribution in [0.3, 0.4) is 0 Å². The average Bonchev–Trinajstić information content (AvgIpc) is 3.53. The summed E-state index contributed by atoms with van der Waals surface area (Å²) in [5.74, 6) is 0.397. The van der Waals surface area contributed by atoms with E-state index in [-0.39, 0.29) is 30.2 Å². The Bertz CT molecular complexity index is 1330. The molecule has 0 aliphatic carbocycles. The van der Waals surface area contributed by atoms with Crippen molar-refractivity contribution in [1.29, 1.82) is 0 Å². The van der Waals surface area contributed by atoms with E-state index in [4.69, 9.17) is 14.5 Å². The summed E-state index contributed by atoms with van der Waals surface area (Å²) in [4.78, 5) is 21.7. The summed E-state index contributed by atoms with van der Waals surface area (Å²) in [5.41, 5.74) is 4.81. The van der Waals surface area contributed by atoms with Gasteiger partial charge in [-0.2, -0.15) is 0 Å². The highest BCUT2D eigenvalue weighted by molar-refractivity contribution is 5.94. The molecule has 4 atom stereocenters. The number of benzene rings is 3. The van der Waals surface area contributed by atoms with Crippen LogP contribution in [0.4, 0.5) is 5.95 Å². The maximum absolute atomic E-state index is 12.6. The summed E-state index contributed by atoms with van der Waals surface area (Å²) in [7, 11) is 0. The predicted molar refractivity (Wildman–Crippen MR) is 137 cm³/mol. The Kier molecular flexibility index (Phi) is 6.15. The van der Waals surface area contributed by atoms with Crippen molar-refractivity contribution < 1.29 is 14.3 Å². The van der Waals surface area contributed by atoms with E-state index in [9.17, 15) is 4.79 Å². The molecule has 2 N–H and O–H groups in total. The van der Waals surface area contributed by atoms with Gasteiger partial charge in [0.15, 0.2) is 0 Å². The quantitative estimate of drug-likeness (QED) is 0.432. The molecule has 3 heterocycles. The van der Waals surface area contributed by atoms with Crippen molar-refractivity contribution in [3.8, 4) is 22.4 Å². The van der Waals surface area contributed by atoms with E-state index in [0.717, 1.165) is 16.8 Å². The van der Waals surface area contributed by atoms with Crippen LogP contribution in [0.1, 0.15) is 10.4 Å². The van der Waals surface area contributed by atoms with E-state index in [1.165, 1.54) is 5.56 Å². The maximum Gasteiger partial charge on any atom is 0.251 e. The Morgan fingerprint density at radius 3 is 2.08 bits per heavy atom. The number of ether oxygens (including phenoxy) is 2. The second-order valence-corrected chi connectivity index (χ2v) is 9.00. The molecule has 0 radical (unpaired) electrons. The molecule has 6 rings (SSSR count). The monoisotopic (exact) mass is 478 g/mol. The highest BCUT2D eigenvalue weighted by Gasteiger charge is 2.48. The SMILES string of the molecule is O=C(N[C@H]1CO[C@H]2[C@@H]1OC[C@@H]2Nc1nccc(-c2ccc(-c3ccccc3)cc2)n1)c1ccccc1. The second-order valence-electron chi connectivity index (χ2n) is 9.00. The first-order chi connectivity index (χ1) is 17.7. The number of rotatable bonds is 6. The van der Waals surface area contributed by atoms with Gasteiger partial charge in [-0.1, -0.05) is 72.8 Å². The number of anilines is 1. The summed E-state index contributed by atoms with van der Waals surface area (Å²) >= 11 is 0. The van der Waals surface area contributed by atoms with Crippen molar-refractivity contribution in [2.75, 3.05) is 18.5 Å². The lowest BCUT2D eigenvalue weighted by Gasteiger charge is -2.18. The van der Waals surface area contributed by atoms with Crippen LogP contribution in [0, 0.1) is 0 Å². The van der Waals surface area contributed by atoms with Gasteiger partial charge in [0.25, 0.3) is 5.91 Å². The van der Waals surface area contributed by atoms with Crippen LogP contribution < -0.4 is 10.6 Å². The number of carbonyl (C=O) groups is 1. The van der Waals surface area contributed by atoms with Gasteiger partial charge in [-0.15, -0.1) is 0 Å². The Balaban J connectivity index is 1.11. The minimum absolute atomic E-state index is 0.107. The van der Waals surface area contributed by atoms with E-state index < -0.39 is 0 Å². The molecule has 7 nitrogen and oxygen atoms in total. The zero-order valence-electron chi connectivity index (χ0n) is 19.6. The third kappa shape index (κ3) is 4.58. The Hall–Kier alpha value is -4.07. The Morgan fingerprint density at radius 1 is 0.722 bits per heavy atom. The molecule has 4 aromatic rings. The molecule has 2 fully saturated rings. The van der Waals surface area contributed by atoms with Crippen molar-refractivity contribution >= 4 is 11.9 Å². The molecule has 7 heteroatoms. The van der Waals surface area contributed by atoms with Crippen LogP contribution in [0.5, 0.6) is 0 Å². The summed E-state index contributed by atoms with van der Waals surface area (Å²) in [6, 6.07) is 29.4. The van der Waals surface area contributed by atoms with Crippen molar-refractivity contribution in [2.24, 2.45) is 0 Å². The van der Waals surface area contributed by atoms with Gasteiger partial charge < -0.3 is 20.1 Å². The molecule has 2 aliphatic heterocycles. The van der Waals surface area contributed by atoms with Crippen LogP contribution >= 0.6 is 0 Å². The fourth-order valence-electron chi connectivity index (χ4n) is 4.81. The number of nitrogens with one attached hydrogen (secondary N) is 2. The summed E-state index contributed by atoms with van der Waals surface area (Å²) in [5, 5.41) is 6.43. The maximum atomic E-state index is 12.6. The molecule has 0 unspecified atom stereocenters. The number of carbonyl (C=O) groups excluding carboxylic acids is 1. The smallest absolute Gasteiger partial charge is 0.251 e. The lowest BCUT2D eigenvalue weighted by atomic mass is 10.0. The van der Waals surface area contributed by atoms with Crippen LogP contribution in [0.15, 0.2) is 97.2 Å². The van der Waals surface area contributed by atoms with Crippen molar-refractivity contribution in [2.45, 2.75) is 24.3 Å². The molecule has 0 bridgehead atoms. The van der Waals surface area contributed by atoms with Crippen LogP contribution in [-0.2, 0) is 9.47 Å². The minimum atomic E-state index is -0.219. The molecule has 1 amide bonds. The van der Waals surface area contributed by atoms with E-state index >= 15 is 0 Å². The molecular weight excluding hydrogens is 452 g/mol. The number of fused-ring (bicyclic) bond motifs is 1. The van der Waals surface area contributed by atoms with Crippen molar-refractivity contribution in [1.82, 2.24) is 15.3 Å². The number of aromatic nitrogens is 2. The lowest BCUT2D eigenvalue weighted by molar-refractivity contribution is 0.0652. The van der Waals surface area contributed by atoms with Crippen LogP contribution in [-0.4, -0.2) is 53.4 Å². The number of hydrogen-bond acceptors (Lipinski definition) is 6. The fourth-order valence-corrected chi connectivity index (χ4v) is 4.81. The van der Waals surface area contributed by atoms with Gasteiger partial charge in [0.2, 0.25) is 5.95 Å². The first-order valence-corrected chi connectivity index (χ1v) is 12.1. The van der Waals surface area contributed by atoms with E-state index in [0.29, 0.717) is 24.7 Å². The van der Waals surface area contributed by atoms with Gasteiger partial charge >= 0.3 is 0 Å². The van der Waals surface area contributed by atoms with Gasteiger partial charge in [-0.25, -0.2) is 9.97 Å². The fraction of sp³-hybridized carbons (Fsp3) is 0.207. The van der Waals surface area contributed by atoms with Crippen molar-refractivity contribution in [3.05, 3.63) is 103 Å². The van der Waals surface area contributed by atoms with Crippen LogP contribution in [0.2, 0.25) is 0 Å². The average molecular weight is 479 g/mol. The second kappa shape index (κ2) is 9.89. The third-order valence-electron chi connectivity index (χ3n) is 6.66. The number of hydrogen-bond donors (Lipinski definition) is 2. The Labute approximate surface area is 209 Å². The normalized spacial score (nSPS) is 22.7.